The van der Waals surface area contributed by atoms with E-state index in [2.05, 4.69) is 17.3 Å². The van der Waals surface area contributed by atoms with Crippen molar-refractivity contribution in [3.8, 4) is 0 Å². The van der Waals surface area contributed by atoms with E-state index in [1.54, 1.807) is 0 Å². The first-order chi connectivity index (χ1) is 10.1. The predicted molar refractivity (Wildman–Crippen MR) is 79.2 cm³/mol. The van der Waals surface area contributed by atoms with Crippen LogP contribution in [0.25, 0.3) is 0 Å². The number of hydrogen-bond acceptors (Lipinski definition) is 4. The molecule has 0 spiro atoms. The molecule has 0 bridgehead atoms. The summed E-state index contributed by atoms with van der Waals surface area (Å²) < 4.78 is 12.7. The van der Waals surface area contributed by atoms with Crippen molar-refractivity contribution in [1.82, 2.24) is 15.1 Å². The topological polar surface area (TPSA) is 65.4 Å². The smallest absolute Gasteiger partial charge is 0.246 e. The highest BCUT2D eigenvalue weighted by atomic mass is 16.5. The quantitative estimate of drug-likeness (QED) is 0.818. The monoisotopic (exact) mass is 295 g/mol. The summed E-state index contributed by atoms with van der Waals surface area (Å²) >= 11 is 0. The van der Waals surface area contributed by atoms with Gasteiger partial charge in [-0.1, -0.05) is 0 Å². The van der Waals surface area contributed by atoms with Crippen LogP contribution < -0.4 is 5.32 Å². The van der Waals surface area contributed by atoms with Gasteiger partial charge in [0.15, 0.2) is 0 Å². The van der Waals surface area contributed by atoms with E-state index in [9.17, 15) is 4.79 Å². The van der Waals surface area contributed by atoms with Crippen LogP contribution >= 0.6 is 0 Å². The maximum atomic E-state index is 11.7. The molecule has 1 amide bonds. The molecule has 0 saturated carbocycles. The number of aryl methyl sites for hydroxylation is 1. The first-order valence-electron chi connectivity index (χ1n) is 7.54. The zero-order chi connectivity index (χ0) is 15.2. The Balaban J connectivity index is 1.61. The minimum absolute atomic E-state index is 0.0914. The molecule has 6 nitrogen and oxygen atoms in total. The highest BCUT2D eigenvalue weighted by molar-refractivity contribution is 5.77. The molecular weight excluding hydrogens is 270 g/mol. The van der Waals surface area contributed by atoms with Crippen LogP contribution in [0.15, 0.2) is 0 Å². The van der Waals surface area contributed by atoms with Gasteiger partial charge in [-0.3, -0.25) is 9.48 Å². The third-order valence-electron chi connectivity index (χ3n) is 3.95. The molecule has 2 rings (SSSR count). The Morgan fingerprint density at radius 3 is 2.90 bits per heavy atom. The van der Waals surface area contributed by atoms with E-state index in [0.717, 1.165) is 30.8 Å². The molecule has 21 heavy (non-hydrogen) atoms. The summed E-state index contributed by atoms with van der Waals surface area (Å²) in [4.78, 5) is 11.7. The summed E-state index contributed by atoms with van der Waals surface area (Å²) in [5.41, 5.74) is 3.40. The molecule has 1 atom stereocenters. The summed E-state index contributed by atoms with van der Waals surface area (Å²) in [5, 5.41) is 7.29. The van der Waals surface area contributed by atoms with Gasteiger partial charge < -0.3 is 14.8 Å². The molecule has 1 saturated heterocycles. The number of carbonyl (C=O) groups is 1. The Morgan fingerprint density at radius 1 is 1.48 bits per heavy atom. The standard InChI is InChI=1S/C15H25N3O3/c1-11-12(2)17-18(13(11)3)7-6-16-15(19)10-20-9-14-5-4-8-21-14/h14H,4-10H2,1-3H3,(H,16,19)/t14-/m1/s1. The van der Waals surface area contributed by atoms with E-state index >= 15 is 0 Å². The summed E-state index contributed by atoms with van der Waals surface area (Å²) in [6, 6.07) is 0. The Kier molecular flexibility index (Phi) is 5.76. The minimum atomic E-state index is -0.0914. The molecule has 1 aromatic heterocycles. The first-order valence-corrected chi connectivity index (χ1v) is 7.54. The molecule has 0 radical (unpaired) electrons. The van der Waals surface area contributed by atoms with Gasteiger partial charge in [-0.25, -0.2) is 0 Å². The van der Waals surface area contributed by atoms with Gasteiger partial charge in [0.2, 0.25) is 5.91 Å². The van der Waals surface area contributed by atoms with Gasteiger partial charge in [0.1, 0.15) is 6.61 Å². The van der Waals surface area contributed by atoms with Gasteiger partial charge in [-0.05, 0) is 39.2 Å². The SMILES string of the molecule is Cc1nn(CCNC(=O)COC[C@H]2CCCO2)c(C)c1C. The zero-order valence-electron chi connectivity index (χ0n) is 13.1. The van der Waals surface area contributed by atoms with E-state index in [-0.39, 0.29) is 18.6 Å². The second kappa shape index (κ2) is 7.56. The second-order valence-electron chi connectivity index (χ2n) is 5.52. The number of amides is 1. The lowest BCUT2D eigenvalue weighted by molar-refractivity contribution is -0.126. The Hall–Kier alpha value is -1.40. The van der Waals surface area contributed by atoms with Crippen LogP contribution in [0, 0.1) is 20.8 Å². The summed E-state index contributed by atoms with van der Waals surface area (Å²) in [6.45, 7) is 8.74. The molecule has 1 aromatic rings. The zero-order valence-corrected chi connectivity index (χ0v) is 13.1. The molecule has 0 aromatic carbocycles. The average molecular weight is 295 g/mol. The Morgan fingerprint density at radius 2 is 2.29 bits per heavy atom. The van der Waals surface area contributed by atoms with Crippen LogP contribution in [-0.4, -0.2) is 48.2 Å². The van der Waals surface area contributed by atoms with Crippen LogP contribution in [-0.2, 0) is 20.8 Å². The van der Waals surface area contributed by atoms with Crippen LogP contribution in [0.5, 0.6) is 0 Å². The lowest BCUT2D eigenvalue weighted by Crippen LogP contribution is -2.32. The maximum Gasteiger partial charge on any atom is 0.246 e. The van der Waals surface area contributed by atoms with Crippen molar-refractivity contribution in [2.24, 2.45) is 0 Å². The van der Waals surface area contributed by atoms with Crippen LogP contribution in [0.1, 0.15) is 29.8 Å². The normalized spacial score (nSPS) is 18.1. The fourth-order valence-corrected chi connectivity index (χ4v) is 2.42. The molecule has 1 fully saturated rings. The van der Waals surface area contributed by atoms with Gasteiger partial charge in [0.25, 0.3) is 0 Å². The largest absolute Gasteiger partial charge is 0.376 e. The molecule has 118 valence electrons. The highest BCUT2D eigenvalue weighted by Crippen LogP contribution is 2.12. The lowest BCUT2D eigenvalue weighted by atomic mass is 10.2. The Labute approximate surface area is 125 Å². The van der Waals surface area contributed by atoms with E-state index in [1.807, 2.05) is 18.5 Å². The number of ether oxygens (including phenoxy) is 2. The predicted octanol–water partition coefficient (Wildman–Crippen LogP) is 1.12. The second-order valence-corrected chi connectivity index (χ2v) is 5.52. The molecule has 0 unspecified atom stereocenters. The average Bonchev–Trinajstić information content (AvgIpc) is 3.04. The molecule has 1 N–H and O–H groups in total. The number of nitrogens with zero attached hydrogens (tertiary/aromatic N) is 2. The molecule has 1 aliphatic heterocycles. The summed E-state index contributed by atoms with van der Waals surface area (Å²) in [6.07, 6.45) is 2.27. The van der Waals surface area contributed by atoms with Crippen LogP contribution in [0.2, 0.25) is 0 Å². The number of nitrogens with one attached hydrogen (secondary N) is 1. The number of carbonyl (C=O) groups excluding carboxylic acids is 1. The number of hydrogen-bond donors (Lipinski definition) is 1. The molecule has 2 heterocycles. The highest BCUT2D eigenvalue weighted by Gasteiger charge is 2.15. The maximum absolute atomic E-state index is 11.7. The van der Waals surface area contributed by atoms with Crippen molar-refractivity contribution in [3.05, 3.63) is 17.0 Å². The van der Waals surface area contributed by atoms with Crippen molar-refractivity contribution in [1.29, 1.82) is 0 Å². The van der Waals surface area contributed by atoms with Crippen LogP contribution in [0.4, 0.5) is 0 Å². The van der Waals surface area contributed by atoms with Crippen molar-refractivity contribution in [2.75, 3.05) is 26.4 Å². The van der Waals surface area contributed by atoms with Crippen molar-refractivity contribution in [3.63, 3.8) is 0 Å². The molecule has 0 aliphatic carbocycles. The molecule has 1 aliphatic rings. The van der Waals surface area contributed by atoms with Gasteiger partial charge in [-0.15, -0.1) is 0 Å². The van der Waals surface area contributed by atoms with E-state index in [0.29, 0.717) is 19.7 Å². The van der Waals surface area contributed by atoms with Gasteiger partial charge in [-0.2, -0.15) is 5.10 Å². The summed E-state index contributed by atoms with van der Waals surface area (Å²) in [7, 11) is 0. The van der Waals surface area contributed by atoms with Crippen LogP contribution in [0.3, 0.4) is 0 Å². The van der Waals surface area contributed by atoms with Crippen molar-refractivity contribution >= 4 is 5.91 Å². The van der Waals surface area contributed by atoms with E-state index in [4.69, 9.17) is 9.47 Å². The molecule has 6 heteroatoms. The van der Waals surface area contributed by atoms with Crippen molar-refractivity contribution in [2.45, 2.75) is 46.3 Å². The van der Waals surface area contributed by atoms with Crippen molar-refractivity contribution < 1.29 is 14.3 Å². The lowest BCUT2D eigenvalue weighted by Gasteiger charge is -2.10. The van der Waals surface area contributed by atoms with Gasteiger partial charge in [0.05, 0.1) is 24.9 Å². The number of aromatic nitrogens is 2. The first kappa shape index (κ1) is 16.0. The fraction of sp³-hybridized carbons (Fsp3) is 0.733. The van der Waals surface area contributed by atoms with E-state index < -0.39 is 0 Å². The van der Waals surface area contributed by atoms with E-state index in [1.165, 1.54) is 5.56 Å². The third kappa shape index (κ3) is 4.54. The summed E-state index contributed by atoms with van der Waals surface area (Å²) in [5.74, 6) is -0.0914. The molecular formula is C15H25N3O3. The van der Waals surface area contributed by atoms with Gasteiger partial charge in [0, 0.05) is 18.8 Å². The van der Waals surface area contributed by atoms with Gasteiger partial charge >= 0.3 is 0 Å². The fourth-order valence-electron chi connectivity index (χ4n) is 2.42. The Bertz CT molecular complexity index is 479. The number of rotatable bonds is 7. The minimum Gasteiger partial charge on any atom is -0.376 e. The third-order valence-corrected chi connectivity index (χ3v) is 3.95.